The third-order valence-corrected chi connectivity index (χ3v) is 8.89. The number of rotatable bonds is 7. The van der Waals surface area contributed by atoms with E-state index in [9.17, 15) is 22.8 Å². The Bertz CT molecular complexity index is 1230. The van der Waals surface area contributed by atoms with E-state index in [0.29, 0.717) is 4.31 Å². The van der Waals surface area contributed by atoms with E-state index in [4.69, 9.17) is 0 Å². The summed E-state index contributed by atoms with van der Waals surface area (Å²) in [5.74, 6) is -1.65. The first-order valence-electron chi connectivity index (χ1n) is 11.7. The predicted octanol–water partition coefficient (Wildman–Crippen LogP) is 3.46. The third kappa shape index (κ3) is 5.43. The Hall–Kier alpha value is -2.72. The number of nitrogens with one attached hydrogen (secondary N) is 1. The average Bonchev–Trinajstić information content (AvgIpc) is 3.04. The molecule has 1 saturated carbocycles. The van der Waals surface area contributed by atoms with Gasteiger partial charge in [0.15, 0.2) is 0 Å². The molecule has 0 aromatic heterocycles. The minimum Gasteiger partial charge on any atom is -0.352 e. The summed E-state index contributed by atoms with van der Waals surface area (Å²) < 4.78 is 27.4. The second-order valence-electron chi connectivity index (χ2n) is 8.98. The van der Waals surface area contributed by atoms with Gasteiger partial charge in [0.25, 0.3) is 15.9 Å². The Morgan fingerprint density at radius 1 is 1.09 bits per heavy atom. The number of sulfonamides is 1. The van der Waals surface area contributed by atoms with Crippen LogP contribution in [0.15, 0.2) is 57.9 Å². The molecule has 0 bridgehead atoms. The summed E-state index contributed by atoms with van der Waals surface area (Å²) in [4.78, 5) is 40.6. The number of benzene rings is 2. The Morgan fingerprint density at radius 3 is 2.40 bits per heavy atom. The number of carbonyl (C=O) groups excluding carboxylic acids is 3. The number of nitrogens with zero attached hydrogens (tertiary/aromatic N) is 2. The molecule has 186 valence electrons. The van der Waals surface area contributed by atoms with Gasteiger partial charge in [-0.05, 0) is 49.6 Å². The van der Waals surface area contributed by atoms with Crippen molar-refractivity contribution in [3.63, 3.8) is 0 Å². The van der Waals surface area contributed by atoms with Gasteiger partial charge in [-0.2, -0.15) is 0 Å². The topological polar surface area (TPSA) is 104 Å². The van der Waals surface area contributed by atoms with Gasteiger partial charge in [0.05, 0.1) is 5.56 Å². The summed E-state index contributed by atoms with van der Waals surface area (Å²) in [7, 11) is -4.14. The summed E-state index contributed by atoms with van der Waals surface area (Å²) in [6, 6.07) is 12.4. The number of halogens is 1. The van der Waals surface area contributed by atoms with Gasteiger partial charge in [-0.1, -0.05) is 59.5 Å². The van der Waals surface area contributed by atoms with Crippen LogP contribution in [0.1, 0.15) is 54.9 Å². The third-order valence-electron chi connectivity index (χ3n) is 6.58. The lowest BCUT2D eigenvalue weighted by molar-refractivity contribution is -0.140. The van der Waals surface area contributed by atoms with Gasteiger partial charge in [-0.15, -0.1) is 0 Å². The molecule has 1 atom stereocenters. The number of amides is 3. The van der Waals surface area contributed by atoms with E-state index in [1.54, 1.807) is 13.0 Å². The van der Waals surface area contributed by atoms with Crippen LogP contribution in [0.25, 0.3) is 0 Å². The van der Waals surface area contributed by atoms with Crippen molar-refractivity contribution in [1.29, 1.82) is 0 Å². The van der Waals surface area contributed by atoms with E-state index in [-0.39, 0.29) is 29.0 Å². The zero-order valence-electron chi connectivity index (χ0n) is 19.4. The molecule has 2 aliphatic rings. The molecule has 0 spiro atoms. The highest BCUT2D eigenvalue weighted by molar-refractivity contribution is 9.10. The van der Waals surface area contributed by atoms with Crippen molar-refractivity contribution in [2.45, 2.75) is 62.6 Å². The second-order valence-corrected chi connectivity index (χ2v) is 11.7. The maximum absolute atomic E-state index is 13.5. The standard InChI is InChI=1S/C25H28BrN3O5S/c1-17(24(31)27-20-7-3-2-4-8-20)28(15-18-11-13-19(26)14-12-18)23(30)16-29-25(32)21-9-5-6-10-22(21)35(29,33)34/h5-6,9-14,17,20H,2-4,7-8,15-16H2,1H3,(H,27,31)/t17-/m0/s1. The first-order valence-corrected chi connectivity index (χ1v) is 13.9. The number of hydrogen-bond acceptors (Lipinski definition) is 5. The minimum atomic E-state index is -4.14. The molecule has 1 N–H and O–H groups in total. The lowest BCUT2D eigenvalue weighted by Gasteiger charge is -2.32. The monoisotopic (exact) mass is 561 g/mol. The summed E-state index contributed by atoms with van der Waals surface area (Å²) in [6.45, 7) is 1.05. The number of fused-ring (bicyclic) bond motifs is 1. The van der Waals surface area contributed by atoms with Crippen molar-refractivity contribution in [3.8, 4) is 0 Å². The molecular formula is C25H28BrN3O5S. The number of carbonyl (C=O) groups is 3. The van der Waals surface area contributed by atoms with Gasteiger partial charge in [0.1, 0.15) is 17.5 Å². The van der Waals surface area contributed by atoms with Crippen LogP contribution in [0, 0.1) is 0 Å². The minimum absolute atomic E-state index is 0.0443. The molecule has 1 aliphatic heterocycles. The van der Waals surface area contributed by atoms with Gasteiger partial charge in [-0.3, -0.25) is 14.4 Å². The molecule has 0 radical (unpaired) electrons. The Labute approximate surface area is 213 Å². The Kier molecular flexibility index (Phi) is 7.61. The summed E-state index contributed by atoms with van der Waals surface area (Å²) >= 11 is 3.38. The van der Waals surface area contributed by atoms with Crippen LogP contribution in [0.2, 0.25) is 0 Å². The highest BCUT2D eigenvalue weighted by Crippen LogP contribution is 2.30. The van der Waals surface area contributed by atoms with Gasteiger partial charge < -0.3 is 10.2 Å². The first-order chi connectivity index (χ1) is 16.7. The van der Waals surface area contributed by atoms with E-state index in [2.05, 4.69) is 21.2 Å². The molecule has 2 aromatic rings. The first kappa shape index (κ1) is 25.4. The van der Waals surface area contributed by atoms with Crippen molar-refractivity contribution in [2.24, 2.45) is 0 Å². The van der Waals surface area contributed by atoms with E-state index in [0.717, 1.165) is 42.1 Å². The Balaban J connectivity index is 1.56. The van der Waals surface area contributed by atoms with Crippen LogP contribution in [-0.2, 0) is 26.2 Å². The smallest absolute Gasteiger partial charge is 0.269 e. The lowest BCUT2D eigenvalue weighted by Crippen LogP contribution is -2.52. The fourth-order valence-electron chi connectivity index (χ4n) is 4.54. The van der Waals surface area contributed by atoms with Crippen molar-refractivity contribution in [3.05, 3.63) is 64.1 Å². The average molecular weight is 562 g/mol. The fourth-order valence-corrected chi connectivity index (χ4v) is 6.32. The van der Waals surface area contributed by atoms with E-state index in [1.165, 1.54) is 23.1 Å². The van der Waals surface area contributed by atoms with Crippen molar-refractivity contribution < 1.29 is 22.8 Å². The number of hydrogen-bond donors (Lipinski definition) is 1. The Morgan fingerprint density at radius 2 is 1.74 bits per heavy atom. The molecule has 35 heavy (non-hydrogen) atoms. The van der Waals surface area contributed by atoms with E-state index < -0.39 is 34.4 Å². The van der Waals surface area contributed by atoms with Crippen molar-refractivity contribution in [1.82, 2.24) is 14.5 Å². The maximum atomic E-state index is 13.5. The van der Waals surface area contributed by atoms with Crippen LogP contribution < -0.4 is 5.32 Å². The van der Waals surface area contributed by atoms with Gasteiger partial charge in [0, 0.05) is 17.1 Å². The van der Waals surface area contributed by atoms with Crippen LogP contribution in [0.3, 0.4) is 0 Å². The molecule has 3 amide bonds. The predicted molar refractivity (Wildman–Crippen MR) is 134 cm³/mol. The van der Waals surface area contributed by atoms with Crippen molar-refractivity contribution in [2.75, 3.05) is 6.54 Å². The van der Waals surface area contributed by atoms with E-state index in [1.807, 2.05) is 24.3 Å². The summed E-state index contributed by atoms with van der Waals surface area (Å²) in [5, 5.41) is 3.04. The van der Waals surface area contributed by atoms with Gasteiger partial charge >= 0.3 is 0 Å². The normalized spacial score (nSPS) is 18.1. The lowest BCUT2D eigenvalue weighted by atomic mass is 9.95. The SMILES string of the molecule is C[C@@H](C(=O)NC1CCCCC1)N(Cc1ccc(Br)cc1)C(=O)CN1C(=O)c2ccccc2S1(=O)=O. The van der Waals surface area contributed by atoms with Crippen LogP contribution in [0.4, 0.5) is 0 Å². The van der Waals surface area contributed by atoms with Crippen LogP contribution in [-0.4, -0.2) is 54.0 Å². The summed E-state index contributed by atoms with van der Waals surface area (Å²) in [6.07, 6.45) is 5.05. The van der Waals surface area contributed by atoms with Gasteiger partial charge in [-0.25, -0.2) is 12.7 Å². The summed E-state index contributed by atoms with van der Waals surface area (Å²) in [5.41, 5.74) is 0.820. The maximum Gasteiger partial charge on any atom is 0.269 e. The second kappa shape index (κ2) is 10.5. The van der Waals surface area contributed by atoms with Crippen LogP contribution in [0.5, 0.6) is 0 Å². The molecule has 0 saturated heterocycles. The van der Waals surface area contributed by atoms with Gasteiger partial charge in [0.2, 0.25) is 11.8 Å². The molecule has 8 nitrogen and oxygen atoms in total. The molecule has 2 aromatic carbocycles. The highest BCUT2D eigenvalue weighted by Gasteiger charge is 2.43. The fraction of sp³-hybridized carbons (Fsp3) is 0.400. The molecule has 4 rings (SSSR count). The largest absolute Gasteiger partial charge is 0.352 e. The molecule has 10 heteroatoms. The van der Waals surface area contributed by atoms with Crippen LogP contribution >= 0.6 is 15.9 Å². The molecule has 0 unspecified atom stereocenters. The quantitative estimate of drug-likeness (QED) is 0.557. The molecule has 1 heterocycles. The molecule has 1 aliphatic carbocycles. The highest BCUT2D eigenvalue weighted by atomic mass is 79.9. The molecular weight excluding hydrogens is 534 g/mol. The van der Waals surface area contributed by atoms with E-state index >= 15 is 0 Å². The zero-order valence-corrected chi connectivity index (χ0v) is 21.8. The zero-order chi connectivity index (χ0) is 25.2. The van der Waals surface area contributed by atoms with Crippen molar-refractivity contribution >= 4 is 43.7 Å². The molecule has 1 fully saturated rings.